The van der Waals surface area contributed by atoms with Gasteiger partial charge >= 0.3 is 12.5 Å². The second kappa shape index (κ2) is 10.6. The van der Waals surface area contributed by atoms with Gasteiger partial charge in [-0.05, 0) is 86.4 Å². The summed E-state index contributed by atoms with van der Waals surface area (Å²) in [7, 11) is 0. The number of alkyl halides is 6. The summed E-state index contributed by atoms with van der Waals surface area (Å²) in [5.74, 6) is -1.04. The summed E-state index contributed by atoms with van der Waals surface area (Å²) in [6, 6.07) is 13.3. The molecule has 4 aromatic rings. The Morgan fingerprint density at radius 1 is 0.900 bits per heavy atom. The Balaban J connectivity index is 1.49. The third-order valence-corrected chi connectivity index (χ3v) is 7.36. The Morgan fingerprint density at radius 3 is 2.25 bits per heavy atom. The molecule has 0 bridgehead atoms. The highest BCUT2D eigenvalue weighted by molar-refractivity contribution is 5.76. The number of halogens is 6. The largest absolute Gasteiger partial charge is 0.573 e. The summed E-state index contributed by atoms with van der Waals surface area (Å²) in [5.41, 5.74) is 0.478. The van der Waals surface area contributed by atoms with Gasteiger partial charge in [0.2, 0.25) is 0 Å². The maximum absolute atomic E-state index is 13.8. The minimum absolute atomic E-state index is 0.0869. The van der Waals surface area contributed by atoms with Crippen molar-refractivity contribution in [2.45, 2.75) is 63.5 Å². The van der Waals surface area contributed by atoms with Gasteiger partial charge < -0.3 is 4.74 Å². The van der Waals surface area contributed by atoms with Crippen molar-refractivity contribution in [3.8, 4) is 5.75 Å². The lowest BCUT2D eigenvalue weighted by molar-refractivity contribution is -0.275. The maximum atomic E-state index is 13.8. The van der Waals surface area contributed by atoms with Crippen LogP contribution in [-0.2, 0) is 12.7 Å². The molecule has 40 heavy (non-hydrogen) atoms. The van der Waals surface area contributed by atoms with Gasteiger partial charge in [0.05, 0.1) is 12.1 Å². The number of rotatable bonds is 5. The van der Waals surface area contributed by atoms with E-state index in [1.54, 1.807) is 31.2 Å². The number of pyridine rings is 3. The van der Waals surface area contributed by atoms with Gasteiger partial charge in [0, 0.05) is 22.8 Å². The highest BCUT2D eigenvalue weighted by atomic mass is 19.4. The van der Waals surface area contributed by atoms with E-state index in [0.717, 1.165) is 12.1 Å². The van der Waals surface area contributed by atoms with Gasteiger partial charge in [-0.2, -0.15) is 13.2 Å². The molecule has 11 heteroatoms. The molecular weight excluding hydrogens is 536 g/mol. The van der Waals surface area contributed by atoms with Crippen LogP contribution in [0.4, 0.5) is 26.3 Å². The van der Waals surface area contributed by atoms with E-state index in [4.69, 9.17) is 0 Å². The number of ether oxygens (including phenoxy) is 1. The fraction of sp³-hybridized carbons (Fsp3) is 0.345. The van der Waals surface area contributed by atoms with Gasteiger partial charge in [-0.15, -0.1) is 13.2 Å². The third-order valence-electron chi connectivity index (χ3n) is 7.36. The predicted molar refractivity (Wildman–Crippen MR) is 136 cm³/mol. The van der Waals surface area contributed by atoms with Crippen LogP contribution in [0.3, 0.4) is 0 Å². The lowest BCUT2D eigenvalue weighted by Gasteiger charge is -2.30. The quantitative estimate of drug-likeness (QED) is 0.237. The average molecular weight is 562 g/mol. The summed E-state index contributed by atoms with van der Waals surface area (Å²) in [5, 5.41) is 0.624. The fourth-order valence-corrected chi connectivity index (χ4v) is 5.54. The highest BCUT2D eigenvalue weighted by Crippen LogP contribution is 2.44. The number of hydrogen-bond acceptors (Lipinski definition) is 4. The van der Waals surface area contributed by atoms with Gasteiger partial charge in [-0.3, -0.25) is 14.3 Å². The molecule has 1 fully saturated rings. The van der Waals surface area contributed by atoms with E-state index >= 15 is 0 Å². The van der Waals surface area contributed by atoms with Crippen LogP contribution in [-0.4, -0.2) is 20.9 Å². The van der Waals surface area contributed by atoms with Crippen LogP contribution in [0, 0.1) is 6.92 Å². The van der Waals surface area contributed by atoms with E-state index in [-0.39, 0.29) is 29.6 Å². The van der Waals surface area contributed by atoms with Crippen LogP contribution in [0.5, 0.6) is 5.75 Å². The monoisotopic (exact) mass is 561 g/mol. The van der Waals surface area contributed by atoms with Crippen molar-refractivity contribution in [3.63, 3.8) is 0 Å². The van der Waals surface area contributed by atoms with Gasteiger partial charge in [-0.1, -0.05) is 18.2 Å². The van der Waals surface area contributed by atoms with E-state index in [1.807, 2.05) is 0 Å². The van der Waals surface area contributed by atoms with Crippen molar-refractivity contribution in [1.82, 2.24) is 14.5 Å². The molecule has 5 nitrogen and oxygen atoms in total. The Hall–Kier alpha value is -3.89. The molecular formula is C29H25F6N3O2. The molecule has 0 N–H and O–H groups in total. The first-order valence-corrected chi connectivity index (χ1v) is 12.8. The first kappa shape index (κ1) is 27.7. The van der Waals surface area contributed by atoms with Crippen LogP contribution >= 0.6 is 0 Å². The predicted octanol–water partition coefficient (Wildman–Crippen LogP) is 7.51. The van der Waals surface area contributed by atoms with Gasteiger partial charge in [0.25, 0.3) is 5.56 Å². The van der Waals surface area contributed by atoms with Crippen molar-refractivity contribution in [3.05, 3.63) is 99.2 Å². The smallest absolute Gasteiger partial charge is 0.404 e. The Morgan fingerprint density at radius 2 is 1.57 bits per heavy atom. The molecule has 1 aliphatic carbocycles. The van der Waals surface area contributed by atoms with Crippen molar-refractivity contribution >= 4 is 11.0 Å². The molecule has 3 heterocycles. The van der Waals surface area contributed by atoms with Crippen molar-refractivity contribution in [1.29, 1.82) is 0 Å². The number of nitrogens with zero attached hydrogens (tertiary/aromatic N) is 3. The summed E-state index contributed by atoms with van der Waals surface area (Å²) < 4.78 is 85.2. The minimum atomic E-state index is -4.94. The molecule has 1 aromatic carbocycles. The summed E-state index contributed by atoms with van der Waals surface area (Å²) in [4.78, 5) is 22.3. The van der Waals surface area contributed by atoms with Crippen LogP contribution in [0.15, 0.2) is 65.6 Å². The lowest BCUT2D eigenvalue weighted by atomic mass is 9.75. The van der Waals surface area contributed by atoms with Crippen LogP contribution < -0.4 is 10.3 Å². The molecule has 1 saturated carbocycles. The summed E-state index contributed by atoms with van der Waals surface area (Å²) >= 11 is 0. The topological polar surface area (TPSA) is 57.0 Å². The zero-order chi connectivity index (χ0) is 28.7. The van der Waals surface area contributed by atoms with Gasteiger partial charge in [0.1, 0.15) is 11.3 Å². The van der Waals surface area contributed by atoms with Crippen molar-refractivity contribution < 1.29 is 31.1 Å². The van der Waals surface area contributed by atoms with Crippen LogP contribution in [0.25, 0.3) is 11.0 Å². The first-order valence-electron chi connectivity index (χ1n) is 12.8. The Labute approximate surface area is 225 Å². The molecule has 0 spiro atoms. The first-order chi connectivity index (χ1) is 18.9. The molecule has 210 valence electrons. The fourth-order valence-electron chi connectivity index (χ4n) is 5.54. The zero-order valence-corrected chi connectivity index (χ0v) is 21.4. The number of fused-ring (bicyclic) bond motifs is 1. The molecule has 1 aliphatic rings. The molecule has 3 aromatic heterocycles. The molecule has 0 unspecified atom stereocenters. The van der Waals surface area contributed by atoms with E-state index in [9.17, 15) is 31.1 Å². The van der Waals surface area contributed by atoms with Gasteiger partial charge in [-0.25, -0.2) is 4.98 Å². The molecule has 0 amide bonds. The second-order valence-electron chi connectivity index (χ2n) is 9.99. The second-order valence-corrected chi connectivity index (χ2v) is 9.99. The summed E-state index contributed by atoms with van der Waals surface area (Å²) in [6.45, 7) is 1.43. The summed E-state index contributed by atoms with van der Waals surface area (Å²) in [6.07, 6.45) is -6.17. The van der Waals surface area contributed by atoms with Gasteiger partial charge in [0.15, 0.2) is 5.75 Å². The van der Waals surface area contributed by atoms with Crippen molar-refractivity contribution in [2.75, 3.05) is 0 Å². The van der Waals surface area contributed by atoms with Crippen LogP contribution in [0.1, 0.15) is 65.6 Å². The molecule has 0 radical (unpaired) electrons. The lowest BCUT2D eigenvalue weighted by Crippen LogP contribution is -2.29. The SMILES string of the molecule is Cc1ccc2cc([C@H]3CC[C@H](c4ccccc4C(F)(F)F)CC3)c(=O)n(Cc3ncccc3OC(F)(F)F)c2n1. The van der Waals surface area contributed by atoms with Crippen molar-refractivity contribution in [2.24, 2.45) is 0 Å². The molecule has 0 aliphatic heterocycles. The maximum Gasteiger partial charge on any atom is 0.573 e. The molecule has 5 rings (SSSR count). The Bertz CT molecular complexity index is 1590. The number of aryl methyl sites for hydroxylation is 1. The van der Waals surface area contributed by atoms with E-state index in [1.165, 1.54) is 29.0 Å². The number of benzene rings is 1. The zero-order valence-electron chi connectivity index (χ0n) is 21.4. The average Bonchev–Trinajstić information content (AvgIpc) is 2.90. The third kappa shape index (κ3) is 5.83. The minimum Gasteiger partial charge on any atom is -0.404 e. The number of aromatic nitrogens is 3. The highest BCUT2D eigenvalue weighted by Gasteiger charge is 2.36. The van der Waals surface area contributed by atoms with E-state index < -0.39 is 29.4 Å². The normalized spacial score (nSPS) is 18.2. The van der Waals surface area contributed by atoms with E-state index in [0.29, 0.717) is 48.0 Å². The Kier molecular flexibility index (Phi) is 7.32. The molecule has 0 saturated heterocycles. The standard InChI is InChI=1S/C29H25F6N3O2/c1-17-8-9-20-15-22(19-12-10-18(11-13-19)21-5-2-3-6-23(21)28(30,31)32)27(39)38(26(20)37-17)16-24-25(7-4-14-36-24)40-29(33,34)35/h2-9,14-15,18-19H,10-13,16H2,1H3/t18-,19-. The molecule has 0 atom stereocenters. The number of hydrogen-bond donors (Lipinski definition) is 0. The van der Waals surface area contributed by atoms with Crippen LogP contribution in [0.2, 0.25) is 0 Å². The van der Waals surface area contributed by atoms with E-state index in [2.05, 4.69) is 14.7 Å².